The molecule has 1 saturated heterocycles. The topological polar surface area (TPSA) is 58.6 Å². The van der Waals surface area contributed by atoms with Crippen LogP contribution in [0.4, 0.5) is 5.69 Å². The van der Waals surface area contributed by atoms with Gasteiger partial charge in [-0.3, -0.25) is 9.59 Å². The number of ketones is 1. The Balaban J connectivity index is 0.000000298. The highest BCUT2D eigenvalue weighted by Crippen LogP contribution is 2.28. The van der Waals surface area contributed by atoms with E-state index in [0.29, 0.717) is 6.47 Å². The van der Waals surface area contributed by atoms with Gasteiger partial charge in [-0.2, -0.15) is 0 Å². The lowest BCUT2D eigenvalue weighted by atomic mass is 10.0. The molecule has 1 fully saturated rings. The van der Waals surface area contributed by atoms with Gasteiger partial charge >= 0.3 is 0 Å². The van der Waals surface area contributed by atoms with E-state index in [-0.39, 0.29) is 11.4 Å². The van der Waals surface area contributed by atoms with E-state index in [1.807, 2.05) is 39.0 Å². The van der Waals surface area contributed by atoms with Crippen molar-refractivity contribution in [3.63, 3.8) is 0 Å². The number of carbonyl (C=O) groups is 2. The number of ether oxygens (including phenoxy) is 1. The maximum Gasteiger partial charge on any atom is 0.293 e. The maximum absolute atomic E-state index is 11.6. The second-order valence-corrected chi connectivity index (χ2v) is 7.33. The molecule has 0 aliphatic carbocycles. The minimum absolute atomic E-state index is 0.122. The van der Waals surface area contributed by atoms with Gasteiger partial charge in [0, 0.05) is 42.8 Å². The van der Waals surface area contributed by atoms with E-state index < -0.39 is 0 Å². The van der Waals surface area contributed by atoms with E-state index in [0.717, 1.165) is 31.7 Å². The number of hydrogen-bond donors (Lipinski definition) is 1. The fraction of sp³-hybridized carbons (Fsp3) is 0.429. The Morgan fingerprint density at radius 1 is 1.15 bits per heavy atom. The van der Waals surface area contributed by atoms with Crippen LogP contribution in [0.1, 0.15) is 38.1 Å². The standard InChI is InChI=1S/C16H18N2O.C5H10O2/c1-12(19)14-6-5-13-3-2-4-16(15(13)11-14)18-9-7-17-8-10-18;1-5(2,3)7-4-6/h2-6,11,17H,7-10H2,1H3;4H,1-3H3. The molecule has 0 atom stereocenters. The summed E-state index contributed by atoms with van der Waals surface area (Å²) >= 11 is 0. The van der Waals surface area contributed by atoms with Gasteiger partial charge in [0.25, 0.3) is 6.47 Å². The molecule has 26 heavy (non-hydrogen) atoms. The van der Waals surface area contributed by atoms with E-state index in [1.165, 1.54) is 16.5 Å². The molecule has 0 saturated carbocycles. The van der Waals surface area contributed by atoms with Crippen LogP contribution in [-0.2, 0) is 9.53 Å². The summed E-state index contributed by atoms with van der Waals surface area (Å²) in [5, 5.41) is 5.74. The average Bonchev–Trinajstić information content (AvgIpc) is 2.61. The molecule has 5 heteroatoms. The number of nitrogens with zero attached hydrogens (tertiary/aromatic N) is 1. The van der Waals surface area contributed by atoms with Crippen LogP contribution < -0.4 is 10.2 Å². The highest BCUT2D eigenvalue weighted by Gasteiger charge is 2.13. The van der Waals surface area contributed by atoms with Crippen LogP contribution in [0, 0.1) is 0 Å². The predicted molar refractivity (Wildman–Crippen MR) is 106 cm³/mol. The highest BCUT2D eigenvalue weighted by molar-refractivity contribution is 6.02. The van der Waals surface area contributed by atoms with Gasteiger partial charge < -0.3 is 15.0 Å². The first kappa shape index (κ1) is 19.9. The summed E-state index contributed by atoms with van der Waals surface area (Å²) in [6.45, 7) is 11.6. The molecule has 1 aliphatic heterocycles. The van der Waals surface area contributed by atoms with Crippen LogP contribution in [0.15, 0.2) is 36.4 Å². The summed E-state index contributed by atoms with van der Waals surface area (Å²) in [5.41, 5.74) is 1.71. The van der Waals surface area contributed by atoms with Gasteiger partial charge in [-0.25, -0.2) is 0 Å². The molecule has 1 aliphatic rings. The van der Waals surface area contributed by atoms with Gasteiger partial charge in [-0.15, -0.1) is 0 Å². The van der Waals surface area contributed by atoms with Crippen molar-refractivity contribution in [1.82, 2.24) is 5.32 Å². The lowest BCUT2D eigenvalue weighted by Gasteiger charge is -2.30. The number of fused-ring (bicyclic) bond motifs is 1. The minimum atomic E-state index is -0.318. The lowest BCUT2D eigenvalue weighted by Crippen LogP contribution is -2.43. The summed E-state index contributed by atoms with van der Waals surface area (Å²) in [6.07, 6.45) is 0. The number of rotatable bonds is 3. The zero-order valence-electron chi connectivity index (χ0n) is 16.0. The molecule has 0 spiro atoms. The predicted octanol–water partition coefficient (Wildman–Crippen LogP) is 3.41. The molecule has 140 valence electrons. The summed E-state index contributed by atoms with van der Waals surface area (Å²) in [4.78, 5) is 23.5. The van der Waals surface area contributed by atoms with E-state index in [1.54, 1.807) is 6.92 Å². The number of carbonyl (C=O) groups excluding carboxylic acids is 2. The van der Waals surface area contributed by atoms with Crippen molar-refractivity contribution in [2.24, 2.45) is 0 Å². The Labute approximate surface area is 155 Å². The lowest BCUT2D eigenvalue weighted by molar-refractivity contribution is -0.138. The molecule has 1 N–H and O–H groups in total. The van der Waals surface area contributed by atoms with Crippen molar-refractivity contribution in [3.8, 4) is 0 Å². The molecular formula is C21H28N2O3. The van der Waals surface area contributed by atoms with Crippen molar-refractivity contribution in [2.75, 3.05) is 31.1 Å². The normalized spacial score (nSPS) is 14.4. The van der Waals surface area contributed by atoms with E-state index in [4.69, 9.17) is 0 Å². The largest absolute Gasteiger partial charge is 0.462 e. The Morgan fingerprint density at radius 3 is 2.38 bits per heavy atom. The summed E-state index contributed by atoms with van der Waals surface area (Å²) in [6, 6.07) is 12.3. The first-order valence-electron chi connectivity index (χ1n) is 8.92. The monoisotopic (exact) mass is 356 g/mol. The maximum atomic E-state index is 11.6. The van der Waals surface area contributed by atoms with Gasteiger partial charge in [-0.1, -0.05) is 24.3 Å². The third-order valence-electron chi connectivity index (χ3n) is 4.12. The minimum Gasteiger partial charge on any atom is -0.462 e. The van der Waals surface area contributed by atoms with Crippen molar-refractivity contribution >= 4 is 28.7 Å². The SMILES string of the molecule is CC(=O)c1ccc2cccc(N3CCNCC3)c2c1.CC(C)(C)OC=O. The summed E-state index contributed by atoms with van der Waals surface area (Å²) < 4.78 is 4.55. The number of nitrogens with one attached hydrogen (secondary N) is 1. The number of hydrogen-bond acceptors (Lipinski definition) is 5. The third-order valence-corrected chi connectivity index (χ3v) is 4.12. The second kappa shape index (κ2) is 8.81. The molecule has 0 unspecified atom stereocenters. The van der Waals surface area contributed by atoms with Gasteiger partial charge in [-0.05, 0) is 45.2 Å². The zero-order chi connectivity index (χ0) is 19.2. The Morgan fingerprint density at radius 2 is 1.85 bits per heavy atom. The summed E-state index contributed by atoms with van der Waals surface area (Å²) in [7, 11) is 0. The van der Waals surface area contributed by atoms with Crippen molar-refractivity contribution in [3.05, 3.63) is 42.0 Å². The molecule has 0 bridgehead atoms. The van der Waals surface area contributed by atoms with Crippen LogP contribution in [0.3, 0.4) is 0 Å². The van der Waals surface area contributed by atoms with Crippen molar-refractivity contribution in [1.29, 1.82) is 0 Å². The fourth-order valence-corrected chi connectivity index (χ4v) is 2.80. The number of piperazine rings is 1. The van der Waals surface area contributed by atoms with Crippen LogP contribution in [0.5, 0.6) is 0 Å². The molecular weight excluding hydrogens is 328 g/mol. The molecule has 2 aromatic carbocycles. The van der Waals surface area contributed by atoms with Crippen LogP contribution in [0.25, 0.3) is 10.8 Å². The van der Waals surface area contributed by atoms with Crippen LogP contribution in [0.2, 0.25) is 0 Å². The molecule has 0 aromatic heterocycles. The molecule has 5 nitrogen and oxygen atoms in total. The first-order chi connectivity index (χ1) is 12.3. The Hall–Kier alpha value is -2.40. The quantitative estimate of drug-likeness (QED) is 0.675. The molecule has 1 heterocycles. The van der Waals surface area contributed by atoms with Crippen LogP contribution >= 0.6 is 0 Å². The van der Waals surface area contributed by atoms with E-state index >= 15 is 0 Å². The van der Waals surface area contributed by atoms with Crippen molar-refractivity contribution in [2.45, 2.75) is 33.3 Å². The average molecular weight is 356 g/mol. The third kappa shape index (κ3) is 5.56. The zero-order valence-corrected chi connectivity index (χ0v) is 16.0. The van der Waals surface area contributed by atoms with Gasteiger partial charge in [0.15, 0.2) is 5.78 Å². The van der Waals surface area contributed by atoms with Gasteiger partial charge in [0.2, 0.25) is 0 Å². The Kier molecular flexibility index (Phi) is 6.75. The van der Waals surface area contributed by atoms with E-state index in [9.17, 15) is 9.59 Å². The molecule has 0 radical (unpaired) electrons. The first-order valence-corrected chi connectivity index (χ1v) is 8.92. The van der Waals surface area contributed by atoms with Gasteiger partial charge in [0.1, 0.15) is 5.60 Å². The number of benzene rings is 2. The second-order valence-electron chi connectivity index (χ2n) is 7.33. The Bertz CT molecular complexity index is 759. The fourth-order valence-electron chi connectivity index (χ4n) is 2.80. The smallest absolute Gasteiger partial charge is 0.293 e. The van der Waals surface area contributed by atoms with Crippen molar-refractivity contribution < 1.29 is 14.3 Å². The summed E-state index contributed by atoms with van der Waals surface area (Å²) in [5.74, 6) is 0.122. The molecule has 2 aromatic rings. The molecule has 0 amide bonds. The van der Waals surface area contributed by atoms with E-state index in [2.05, 4.69) is 33.2 Å². The van der Waals surface area contributed by atoms with Crippen LogP contribution in [-0.4, -0.2) is 44.0 Å². The number of anilines is 1. The highest BCUT2D eigenvalue weighted by atomic mass is 16.5. The van der Waals surface area contributed by atoms with Gasteiger partial charge in [0.05, 0.1) is 0 Å². The number of Topliss-reactive ketones (excluding diaryl/α,β-unsaturated/α-hetero) is 1. The molecule has 3 rings (SSSR count).